The van der Waals surface area contributed by atoms with Crippen molar-refractivity contribution in [2.24, 2.45) is 0 Å². The molecule has 0 unspecified atom stereocenters. The third-order valence-corrected chi connectivity index (χ3v) is 2.96. The van der Waals surface area contributed by atoms with Crippen molar-refractivity contribution in [1.29, 1.82) is 5.26 Å². The van der Waals surface area contributed by atoms with Gasteiger partial charge in [-0.3, -0.25) is 0 Å². The summed E-state index contributed by atoms with van der Waals surface area (Å²) < 4.78 is 0. The summed E-state index contributed by atoms with van der Waals surface area (Å²) in [7, 11) is 0. The van der Waals surface area contributed by atoms with E-state index in [1.807, 2.05) is 12.1 Å². The standard InChI is InChI=1S/C9H7BCl2N2/c11-8-1-6(2-9(12)14-8)7-3-10(4-7)5-13/h1-2,7H,3-4H2. The minimum Gasteiger partial charge on any atom is -0.224 e. The summed E-state index contributed by atoms with van der Waals surface area (Å²) in [5.74, 6) is 2.68. The van der Waals surface area contributed by atoms with Crippen molar-refractivity contribution >= 4 is 29.9 Å². The van der Waals surface area contributed by atoms with Gasteiger partial charge in [0.2, 0.25) is 0 Å². The fraction of sp³-hybridized carbons (Fsp3) is 0.333. The molecule has 0 saturated carbocycles. The average molecular weight is 225 g/mol. The maximum absolute atomic E-state index is 8.65. The van der Waals surface area contributed by atoms with E-state index in [9.17, 15) is 0 Å². The van der Waals surface area contributed by atoms with E-state index < -0.39 is 0 Å². The Morgan fingerprint density at radius 2 is 1.93 bits per heavy atom. The van der Waals surface area contributed by atoms with Crippen LogP contribution in [0.3, 0.4) is 0 Å². The Labute approximate surface area is 92.9 Å². The number of hydrogen-bond donors (Lipinski definition) is 0. The zero-order valence-corrected chi connectivity index (χ0v) is 8.89. The zero-order valence-electron chi connectivity index (χ0n) is 7.37. The predicted molar refractivity (Wildman–Crippen MR) is 58.0 cm³/mol. The highest BCUT2D eigenvalue weighted by Gasteiger charge is 2.34. The number of nitrogens with zero attached hydrogens (tertiary/aromatic N) is 2. The van der Waals surface area contributed by atoms with Crippen LogP contribution in [0, 0.1) is 11.2 Å². The topological polar surface area (TPSA) is 36.7 Å². The lowest BCUT2D eigenvalue weighted by Gasteiger charge is -2.28. The van der Waals surface area contributed by atoms with Crippen molar-refractivity contribution in [3.63, 3.8) is 0 Å². The summed E-state index contributed by atoms with van der Waals surface area (Å²) in [6, 6.07) is 3.65. The second kappa shape index (κ2) is 3.80. The molecule has 2 nitrogen and oxygen atoms in total. The molecular weight excluding hydrogens is 218 g/mol. The molecule has 0 bridgehead atoms. The number of pyridine rings is 1. The van der Waals surface area contributed by atoms with Gasteiger partial charge in [0.15, 0.2) is 0 Å². The SMILES string of the molecule is N#CB1CC(c2cc(Cl)nc(Cl)c2)C1. The van der Waals surface area contributed by atoms with Gasteiger partial charge in [-0.15, -0.1) is 0 Å². The van der Waals surface area contributed by atoms with Crippen LogP contribution in [0.4, 0.5) is 0 Å². The average Bonchev–Trinajstić information content (AvgIpc) is 2.00. The lowest BCUT2D eigenvalue weighted by atomic mass is 9.32. The van der Waals surface area contributed by atoms with Crippen LogP contribution in [0.5, 0.6) is 0 Å². The molecule has 0 N–H and O–H groups in total. The van der Waals surface area contributed by atoms with Gasteiger partial charge in [0, 0.05) is 5.97 Å². The lowest BCUT2D eigenvalue weighted by Crippen LogP contribution is -2.28. The Kier molecular flexibility index (Phi) is 2.67. The van der Waals surface area contributed by atoms with Gasteiger partial charge in [-0.2, -0.15) is 0 Å². The van der Waals surface area contributed by atoms with Gasteiger partial charge in [-0.1, -0.05) is 35.8 Å². The molecule has 1 aliphatic rings. The van der Waals surface area contributed by atoms with Crippen LogP contribution in [0.25, 0.3) is 0 Å². The van der Waals surface area contributed by atoms with E-state index in [1.165, 1.54) is 0 Å². The normalized spacial score (nSPS) is 16.2. The number of halogens is 2. The minimum atomic E-state index is 0.200. The number of hydrogen-bond acceptors (Lipinski definition) is 2. The molecule has 14 heavy (non-hydrogen) atoms. The molecule has 0 aliphatic carbocycles. The quantitative estimate of drug-likeness (QED) is 0.543. The molecule has 1 aromatic rings. The maximum atomic E-state index is 8.65. The first kappa shape index (κ1) is 9.83. The highest BCUT2D eigenvalue weighted by molar-refractivity contribution is 6.70. The summed E-state index contributed by atoms with van der Waals surface area (Å²) in [5.41, 5.74) is 1.10. The van der Waals surface area contributed by atoms with E-state index in [1.54, 1.807) is 0 Å². The van der Waals surface area contributed by atoms with Crippen LogP contribution < -0.4 is 0 Å². The fourth-order valence-corrected chi connectivity index (χ4v) is 2.19. The summed E-state index contributed by atoms with van der Waals surface area (Å²) in [5, 5.41) is 9.49. The van der Waals surface area contributed by atoms with E-state index >= 15 is 0 Å². The Bertz CT molecular complexity index is 376. The maximum Gasteiger partial charge on any atom is 0.269 e. The number of nitriles is 1. The Hall–Kier alpha value is -0.715. The molecule has 5 heteroatoms. The van der Waals surface area contributed by atoms with Gasteiger partial charge >= 0.3 is 0 Å². The Morgan fingerprint density at radius 1 is 1.36 bits per heavy atom. The highest BCUT2D eigenvalue weighted by atomic mass is 35.5. The van der Waals surface area contributed by atoms with Gasteiger partial charge in [-0.25, -0.2) is 10.2 Å². The first-order valence-electron chi connectivity index (χ1n) is 4.41. The largest absolute Gasteiger partial charge is 0.269 e. The summed E-state index contributed by atoms with van der Waals surface area (Å²) in [4.78, 5) is 3.88. The van der Waals surface area contributed by atoms with Crippen molar-refractivity contribution in [2.75, 3.05) is 0 Å². The number of aromatic nitrogens is 1. The molecule has 70 valence electrons. The van der Waals surface area contributed by atoms with E-state index in [0.29, 0.717) is 16.2 Å². The van der Waals surface area contributed by atoms with E-state index in [2.05, 4.69) is 11.0 Å². The van der Waals surface area contributed by atoms with Gasteiger partial charge in [0.1, 0.15) is 10.3 Å². The monoisotopic (exact) mass is 224 g/mol. The molecule has 2 rings (SSSR count). The van der Waals surface area contributed by atoms with Crippen molar-refractivity contribution in [1.82, 2.24) is 4.98 Å². The Balaban J connectivity index is 2.15. The van der Waals surface area contributed by atoms with E-state index in [-0.39, 0.29) is 6.71 Å². The van der Waals surface area contributed by atoms with Gasteiger partial charge in [0.05, 0.1) is 0 Å². The van der Waals surface area contributed by atoms with Crippen molar-refractivity contribution in [3.8, 4) is 5.97 Å². The zero-order chi connectivity index (χ0) is 10.1. The molecule has 1 aliphatic heterocycles. The molecule has 1 fully saturated rings. The molecule has 0 spiro atoms. The van der Waals surface area contributed by atoms with E-state index in [4.69, 9.17) is 28.5 Å². The first-order valence-corrected chi connectivity index (χ1v) is 5.17. The summed E-state index contributed by atoms with van der Waals surface area (Å²) >= 11 is 11.6. The minimum absolute atomic E-state index is 0.200. The molecule has 0 atom stereocenters. The fourth-order valence-electron chi connectivity index (χ4n) is 1.71. The molecule has 1 aromatic heterocycles. The summed E-state index contributed by atoms with van der Waals surface area (Å²) in [6.07, 6.45) is 1.82. The smallest absolute Gasteiger partial charge is 0.224 e. The second-order valence-electron chi connectivity index (χ2n) is 3.54. The third-order valence-electron chi connectivity index (χ3n) is 2.58. The van der Waals surface area contributed by atoms with Crippen molar-refractivity contribution in [2.45, 2.75) is 18.6 Å². The van der Waals surface area contributed by atoms with Crippen molar-refractivity contribution in [3.05, 3.63) is 28.0 Å². The van der Waals surface area contributed by atoms with Crippen LogP contribution in [0.15, 0.2) is 12.1 Å². The molecule has 2 heterocycles. The second-order valence-corrected chi connectivity index (χ2v) is 4.31. The van der Waals surface area contributed by atoms with Gasteiger partial charge in [0.25, 0.3) is 6.71 Å². The van der Waals surface area contributed by atoms with Crippen LogP contribution in [-0.4, -0.2) is 11.7 Å². The van der Waals surface area contributed by atoms with Crippen molar-refractivity contribution < 1.29 is 0 Å². The van der Waals surface area contributed by atoms with Gasteiger partial charge < -0.3 is 0 Å². The number of rotatable bonds is 1. The third kappa shape index (κ3) is 1.87. The molecule has 0 amide bonds. The molecule has 0 aromatic carbocycles. The molecular formula is C9H7BCl2N2. The van der Waals surface area contributed by atoms with Gasteiger partial charge in [-0.05, 0) is 23.6 Å². The Morgan fingerprint density at radius 3 is 2.43 bits per heavy atom. The molecule has 0 radical (unpaired) electrons. The van der Waals surface area contributed by atoms with Crippen LogP contribution in [0.1, 0.15) is 11.5 Å². The van der Waals surface area contributed by atoms with Crippen LogP contribution in [0.2, 0.25) is 22.9 Å². The van der Waals surface area contributed by atoms with E-state index in [0.717, 1.165) is 18.2 Å². The molecule has 1 saturated heterocycles. The predicted octanol–water partition coefficient (Wildman–Crippen LogP) is 3.04. The van der Waals surface area contributed by atoms with Crippen LogP contribution >= 0.6 is 23.2 Å². The van der Waals surface area contributed by atoms with Crippen LogP contribution in [-0.2, 0) is 0 Å². The highest BCUT2D eigenvalue weighted by Crippen LogP contribution is 2.38. The summed E-state index contributed by atoms with van der Waals surface area (Å²) in [6.45, 7) is 0.200. The first-order chi connectivity index (χ1) is 6.69. The lowest BCUT2D eigenvalue weighted by molar-refractivity contribution is 0.771.